The van der Waals surface area contributed by atoms with Crippen molar-refractivity contribution in [3.8, 4) is 0 Å². The second-order valence-electron chi connectivity index (χ2n) is 4.09. The molecular formula is C10H10Cl2. The summed E-state index contributed by atoms with van der Waals surface area (Å²) < 4.78 is 0. The molecule has 0 saturated heterocycles. The molecule has 0 aliphatic heterocycles. The van der Waals surface area contributed by atoms with Crippen LogP contribution in [0.4, 0.5) is 0 Å². The summed E-state index contributed by atoms with van der Waals surface area (Å²) in [6, 6.07) is 0. The average Bonchev–Trinajstić information content (AvgIpc) is 2.66. The quantitative estimate of drug-likeness (QED) is 0.526. The third-order valence-electron chi connectivity index (χ3n) is 3.59. The van der Waals surface area contributed by atoms with E-state index in [-0.39, 0.29) is 0 Å². The van der Waals surface area contributed by atoms with E-state index in [4.69, 9.17) is 23.2 Å². The van der Waals surface area contributed by atoms with Crippen LogP contribution in [-0.4, -0.2) is 0 Å². The molecule has 3 rings (SSSR count). The highest BCUT2D eigenvalue weighted by Crippen LogP contribution is 2.58. The van der Waals surface area contributed by atoms with Crippen LogP contribution >= 0.6 is 23.2 Å². The topological polar surface area (TPSA) is 0 Å². The fraction of sp³-hybridized carbons (Fsp3) is 0.600. The summed E-state index contributed by atoms with van der Waals surface area (Å²) in [7, 11) is 0. The molecule has 12 heavy (non-hydrogen) atoms. The highest BCUT2D eigenvalue weighted by molar-refractivity contribution is 6.39. The molecule has 64 valence electrons. The van der Waals surface area contributed by atoms with E-state index in [1.165, 1.54) is 6.42 Å². The Balaban J connectivity index is 2.03. The average molecular weight is 201 g/mol. The van der Waals surface area contributed by atoms with E-state index in [1.54, 1.807) is 0 Å². The molecule has 0 aromatic carbocycles. The van der Waals surface area contributed by atoms with Crippen LogP contribution < -0.4 is 0 Å². The second kappa shape index (κ2) is 2.30. The van der Waals surface area contributed by atoms with E-state index < -0.39 is 0 Å². The normalized spacial score (nSPS) is 49.2. The van der Waals surface area contributed by atoms with Gasteiger partial charge in [-0.1, -0.05) is 35.4 Å². The van der Waals surface area contributed by atoms with Gasteiger partial charge in [0, 0.05) is 16.0 Å². The Bertz CT molecular complexity index is 290. The first-order valence-corrected chi connectivity index (χ1v) is 5.25. The largest absolute Gasteiger partial charge is 0.0879 e. The molecule has 0 aromatic rings. The van der Waals surface area contributed by atoms with Crippen molar-refractivity contribution in [1.82, 2.24) is 0 Å². The Morgan fingerprint density at radius 3 is 2.67 bits per heavy atom. The zero-order valence-corrected chi connectivity index (χ0v) is 8.15. The highest BCUT2D eigenvalue weighted by Gasteiger charge is 2.49. The van der Waals surface area contributed by atoms with Gasteiger partial charge in [0.1, 0.15) is 0 Å². The molecule has 2 heteroatoms. The Morgan fingerprint density at radius 2 is 1.92 bits per heavy atom. The Labute approximate surface area is 82.2 Å². The maximum absolute atomic E-state index is 6.17. The number of fused-ring (bicyclic) bond motifs is 5. The lowest BCUT2D eigenvalue weighted by Gasteiger charge is -2.20. The van der Waals surface area contributed by atoms with Crippen molar-refractivity contribution in [3.05, 3.63) is 22.2 Å². The molecule has 0 spiro atoms. The Hall–Kier alpha value is 0.0600. The molecule has 2 bridgehead atoms. The van der Waals surface area contributed by atoms with Gasteiger partial charge in [-0.15, -0.1) is 0 Å². The maximum Gasteiger partial charge on any atom is 0.0365 e. The summed E-state index contributed by atoms with van der Waals surface area (Å²) in [4.78, 5) is 0. The van der Waals surface area contributed by atoms with Crippen molar-refractivity contribution in [1.29, 1.82) is 0 Å². The van der Waals surface area contributed by atoms with Crippen LogP contribution in [0.5, 0.6) is 0 Å². The van der Waals surface area contributed by atoms with Gasteiger partial charge in [-0.2, -0.15) is 0 Å². The summed E-state index contributed by atoms with van der Waals surface area (Å²) in [5, 5.41) is 1.88. The predicted octanol–water partition coefficient (Wildman–Crippen LogP) is 3.52. The summed E-state index contributed by atoms with van der Waals surface area (Å²) in [5.41, 5.74) is 0. The lowest BCUT2D eigenvalue weighted by atomic mass is 9.86. The van der Waals surface area contributed by atoms with Crippen LogP contribution in [0, 0.1) is 23.7 Å². The molecule has 0 amide bonds. The molecule has 0 radical (unpaired) electrons. The summed E-state index contributed by atoms with van der Waals surface area (Å²) in [6.07, 6.45) is 7.02. The van der Waals surface area contributed by atoms with Crippen LogP contribution in [0.25, 0.3) is 0 Å². The first-order valence-electron chi connectivity index (χ1n) is 4.49. The molecule has 0 nitrogen and oxygen atoms in total. The van der Waals surface area contributed by atoms with Gasteiger partial charge in [0.25, 0.3) is 0 Å². The molecule has 3 aliphatic carbocycles. The van der Waals surface area contributed by atoms with Gasteiger partial charge in [0.15, 0.2) is 0 Å². The van der Waals surface area contributed by atoms with Crippen molar-refractivity contribution in [2.45, 2.75) is 12.8 Å². The minimum absolute atomic E-state index is 0.578. The summed E-state index contributed by atoms with van der Waals surface area (Å²) in [6.45, 7) is 0. The van der Waals surface area contributed by atoms with E-state index in [0.29, 0.717) is 11.8 Å². The first kappa shape index (κ1) is 7.46. The van der Waals surface area contributed by atoms with Crippen molar-refractivity contribution in [3.63, 3.8) is 0 Å². The predicted molar refractivity (Wildman–Crippen MR) is 51.1 cm³/mol. The Morgan fingerprint density at radius 1 is 1.17 bits per heavy atom. The third kappa shape index (κ3) is 0.756. The van der Waals surface area contributed by atoms with Crippen molar-refractivity contribution >= 4 is 23.2 Å². The molecular weight excluding hydrogens is 191 g/mol. The summed E-state index contributed by atoms with van der Waals surface area (Å²) in [5.74, 6) is 2.78. The van der Waals surface area contributed by atoms with Crippen molar-refractivity contribution < 1.29 is 0 Å². The number of halogens is 2. The fourth-order valence-electron chi connectivity index (χ4n) is 3.06. The van der Waals surface area contributed by atoms with Gasteiger partial charge in [-0.05, 0) is 30.6 Å². The SMILES string of the molecule is ClC1=C(Cl)C2C3C=CC(C3)C2C1. The molecule has 1 saturated carbocycles. The van der Waals surface area contributed by atoms with Crippen LogP contribution in [0.15, 0.2) is 22.2 Å². The van der Waals surface area contributed by atoms with E-state index in [2.05, 4.69) is 12.2 Å². The number of rotatable bonds is 0. The molecule has 0 heterocycles. The number of hydrogen-bond acceptors (Lipinski definition) is 0. The second-order valence-corrected chi connectivity index (χ2v) is 4.96. The molecule has 4 atom stereocenters. The highest BCUT2D eigenvalue weighted by atomic mass is 35.5. The van der Waals surface area contributed by atoms with Gasteiger partial charge in [0.2, 0.25) is 0 Å². The Kier molecular flexibility index (Phi) is 1.43. The lowest BCUT2D eigenvalue weighted by molar-refractivity contribution is 0.393. The summed E-state index contributed by atoms with van der Waals surface area (Å²) >= 11 is 12.2. The third-order valence-corrected chi connectivity index (χ3v) is 4.52. The molecule has 1 fully saturated rings. The van der Waals surface area contributed by atoms with Crippen LogP contribution in [0.1, 0.15) is 12.8 Å². The van der Waals surface area contributed by atoms with E-state index in [1.807, 2.05) is 0 Å². The van der Waals surface area contributed by atoms with Gasteiger partial charge >= 0.3 is 0 Å². The lowest BCUT2D eigenvalue weighted by Crippen LogP contribution is -2.14. The van der Waals surface area contributed by atoms with E-state index in [9.17, 15) is 0 Å². The van der Waals surface area contributed by atoms with Gasteiger partial charge in [-0.25, -0.2) is 0 Å². The minimum Gasteiger partial charge on any atom is -0.0879 e. The first-order chi connectivity index (χ1) is 5.77. The van der Waals surface area contributed by atoms with E-state index in [0.717, 1.165) is 28.3 Å². The van der Waals surface area contributed by atoms with Crippen LogP contribution in [0.3, 0.4) is 0 Å². The smallest absolute Gasteiger partial charge is 0.0365 e. The monoisotopic (exact) mass is 200 g/mol. The van der Waals surface area contributed by atoms with E-state index >= 15 is 0 Å². The maximum atomic E-state index is 6.17. The standard InChI is InChI=1S/C10H10Cl2/c11-8-4-7-5-1-2-6(3-5)9(7)10(8)12/h1-2,5-7,9H,3-4H2. The van der Waals surface area contributed by atoms with Crippen molar-refractivity contribution in [2.75, 3.05) is 0 Å². The fourth-order valence-corrected chi connectivity index (χ4v) is 3.77. The number of allylic oxidation sites excluding steroid dienone is 4. The molecule has 4 unspecified atom stereocenters. The van der Waals surface area contributed by atoms with Crippen molar-refractivity contribution in [2.24, 2.45) is 23.7 Å². The zero-order valence-electron chi connectivity index (χ0n) is 6.63. The zero-order chi connectivity index (χ0) is 8.29. The molecule has 0 N–H and O–H groups in total. The van der Waals surface area contributed by atoms with Gasteiger partial charge in [0.05, 0.1) is 0 Å². The van der Waals surface area contributed by atoms with Gasteiger partial charge < -0.3 is 0 Å². The van der Waals surface area contributed by atoms with Crippen LogP contribution in [0.2, 0.25) is 0 Å². The van der Waals surface area contributed by atoms with Crippen LogP contribution in [-0.2, 0) is 0 Å². The minimum atomic E-state index is 0.578. The molecule has 0 aromatic heterocycles. The number of hydrogen-bond donors (Lipinski definition) is 0. The van der Waals surface area contributed by atoms with Gasteiger partial charge in [-0.3, -0.25) is 0 Å². The molecule has 3 aliphatic rings.